The Morgan fingerprint density at radius 3 is 2.40 bits per heavy atom. The normalized spacial score (nSPS) is 13.2. The summed E-state index contributed by atoms with van der Waals surface area (Å²) >= 11 is 0. The Labute approximate surface area is 147 Å². The topological polar surface area (TPSA) is 104 Å². The van der Waals surface area contributed by atoms with E-state index >= 15 is 0 Å². The number of carbonyl (C=O) groups excluding carboxylic acids is 2. The second kappa shape index (κ2) is 9.08. The van der Waals surface area contributed by atoms with Crippen LogP contribution in [0.2, 0.25) is 0 Å². The average molecular weight is 372 g/mol. The Kier molecular flexibility index (Phi) is 7.73. The fourth-order valence-corrected chi connectivity index (χ4v) is 2.96. The van der Waals surface area contributed by atoms with Gasteiger partial charge in [0.15, 0.2) is 5.78 Å². The quantitative estimate of drug-likeness (QED) is 0.699. The van der Waals surface area contributed by atoms with Crippen molar-refractivity contribution in [3.8, 4) is 0 Å². The van der Waals surface area contributed by atoms with Crippen LogP contribution in [0.3, 0.4) is 0 Å². The molecule has 0 aliphatic heterocycles. The first-order valence-electron chi connectivity index (χ1n) is 7.70. The molecule has 1 aromatic heterocycles. The van der Waals surface area contributed by atoms with Crippen molar-refractivity contribution in [3.63, 3.8) is 0 Å². The number of amides is 1. The maximum Gasteiger partial charge on any atom is 0.408 e. The second-order valence-electron chi connectivity index (χ2n) is 6.36. The summed E-state index contributed by atoms with van der Waals surface area (Å²) in [5, 5.41) is 2.52. The van der Waals surface area contributed by atoms with Crippen molar-refractivity contribution in [3.05, 3.63) is 30.1 Å². The van der Waals surface area contributed by atoms with Gasteiger partial charge in [-0.15, -0.1) is 0 Å². The van der Waals surface area contributed by atoms with Gasteiger partial charge in [-0.1, -0.05) is 6.07 Å². The smallest absolute Gasteiger partial charge is 0.408 e. The van der Waals surface area contributed by atoms with Gasteiger partial charge in [-0.05, 0) is 32.4 Å². The van der Waals surface area contributed by atoms with E-state index in [4.69, 9.17) is 13.8 Å². The highest BCUT2D eigenvalue weighted by Gasteiger charge is 2.32. The number of aromatic nitrogens is 1. The summed E-state index contributed by atoms with van der Waals surface area (Å²) in [6.45, 7) is 5.15. The van der Waals surface area contributed by atoms with Crippen molar-refractivity contribution < 1.29 is 27.9 Å². The molecule has 0 aromatic carbocycles. The van der Waals surface area contributed by atoms with Gasteiger partial charge < -0.3 is 19.1 Å². The molecule has 0 aliphatic rings. The van der Waals surface area contributed by atoms with Crippen molar-refractivity contribution in [2.24, 2.45) is 0 Å². The van der Waals surface area contributed by atoms with E-state index in [0.29, 0.717) is 0 Å². The second-order valence-corrected chi connectivity index (χ2v) is 8.63. The lowest BCUT2D eigenvalue weighted by Crippen LogP contribution is -2.45. The molecule has 1 heterocycles. The van der Waals surface area contributed by atoms with Crippen molar-refractivity contribution in [1.82, 2.24) is 10.3 Å². The van der Waals surface area contributed by atoms with Crippen LogP contribution in [0.5, 0.6) is 0 Å². The number of nitrogens with zero attached hydrogens (tertiary/aromatic N) is 1. The summed E-state index contributed by atoms with van der Waals surface area (Å²) in [6, 6.07) is 2.55. The zero-order valence-electron chi connectivity index (χ0n) is 15.1. The molecular formula is C16H25N2O6P. The lowest BCUT2D eigenvalue weighted by molar-refractivity contribution is -0.118. The Balaban J connectivity index is 2.92. The number of alkyl carbamates (subject to hydrolysis) is 1. The fourth-order valence-electron chi connectivity index (χ4n) is 1.95. The predicted molar refractivity (Wildman–Crippen MR) is 92.6 cm³/mol. The summed E-state index contributed by atoms with van der Waals surface area (Å²) in [7, 11) is -1.13. The van der Waals surface area contributed by atoms with Gasteiger partial charge >= 0.3 is 13.7 Å². The molecule has 1 aromatic rings. The SMILES string of the molecule is COP(=O)(CC(=O)C(Cc1cccnc1)NC(=O)OC(C)(C)C)OC. The molecule has 8 nitrogen and oxygen atoms in total. The Morgan fingerprint density at radius 2 is 1.92 bits per heavy atom. The molecule has 1 rings (SSSR count). The lowest BCUT2D eigenvalue weighted by Gasteiger charge is -2.24. The van der Waals surface area contributed by atoms with Gasteiger partial charge in [0.25, 0.3) is 0 Å². The zero-order chi connectivity index (χ0) is 19.1. The van der Waals surface area contributed by atoms with E-state index in [9.17, 15) is 14.2 Å². The minimum atomic E-state index is -3.54. The number of pyridine rings is 1. The van der Waals surface area contributed by atoms with Crippen molar-refractivity contribution in [2.45, 2.75) is 38.8 Å². The minimum absolute atomic E-state index is 0.180. The summed E-state index contributed by atoms with van der Waals surface area (Å²) in [5.74, 6) is -0.484. The summed E-state index contributed by atoms with van der Waals surface area (Å²) in [5.41, 5.74) is 0.0296. The van der Waals surface area contributed by atoms with Crippen LogP contribution < -0.4 is 5.32 Å². The van der Waals surface area contributed by atoms with E-state index in [1.165, 1.54) is 14.2 Å². The van der Waals surface area contributed by atoms with Crippen LogP contribution in [0.4, 0.5) is 4.79 Å². The van der Waals surface area contributed by atoms with Crippen molar-refractivity contribution >= 4 is 19.5 Å². The van der Waals surface area contributed by atoms with Crippen LogP contribution >= 0.6 is 7.60 Å². The maximum atomic E-state index is 12.6. The number of hydrogen-bond acceptors (Lipinski definition) is 7. The van der Waals surface area contributed by atoms with E-state index in [1.54, 1.807) is 45.3 Å². The third-order valence-electron chi connectivity index (χ3n) is 3.15. The molecule has 0 saturated heterocycles. The molecule has 0 fully saturated rings. The van der Waals surface area contributed by atoms with Gasteiger partial charge in [-0.25, -0.2) is 4.79 Å². The molecule has 0 saturated carbocycles. The Morgan fingerprint density at radius 1 is 1.28 bits per heavy atom. The van der Waals surface area contributed by atoms with Crippen molar-refractivity contribution in [2.75, 3.05) is 20.4 Å². The summed E-state index contributed by atoms with van der Waals surface area (Å²) in [4.78, 5) is 28.6. The molecule has 1 N–H and O–H groups in total. The molecular weight excluding hydrogens is 347 g/mol. The number of rotatable bonds is 8. The standard InChI is InChI=1S/C16H25N2O6P/c1-16(2,3)24-15(20)18-13(9-12-7-6-8-17-10-12)14(19)11-25(21,22-4)23-5/h6-8,10,13H,9,11H2,1-5H3,(H,18,20). The molecule has 140 valence electrons. The number of hydrogen-bond donors (Lipinski definition) is 1. The molecule has 9 heteroatoms. The van der Waals surface area contributed by atoms with Crippen LogP contribution in [-0.4, -0.2) is 48.9 Å². The highest BCUT2D eigenvalue weighted by molar-refractivity contribution is 7.54. The van der Waals surface area contributed by atoms with E-state index in [1.807, 2.05) is 0 Å². The van der Waals surface area contributed by atoms with Gasteiger partial charge in [0.2, 0.25) is 0 Å². The monoisotopic (exact) mass is 372 g/mol. The van der Waals surface area contributed by atoms with Crippen LogP contribution in [0.15, 0.2) is 24.5 Å². The molecule has 25 heavy (non-hydrogen) atoms. The van der Waals surface area contributed by atoms with Gasteiger partial charge in [0, 0.05) is 33.0 Å². The number of ether oxygens (including phenoxy) is 1. The third-order valence-corrected chi connectivity index (χ3v) is 4.96. The number of carbonyl (C=O) groups is 2. The van der Waals surface area contributed by atoms with E-state index < -0.39 is 37.3 Å². The summed E-state index contributed by atoms with van der Waals surface area (Å²) in [6.07, 6.45) is 2.18. The number of ketones is 1. The van der Waals surface area contributed by atoms with Crippen molar-refractivity contribution in [1.29, 1.82) is 0 Å². The highest BCUT2D eigenvalue weighted by Crippen LogP contribution is 2.46. The molecule has 0 spiro atoms. The van der Waals surface area contributed by atoms with E-state index in [2.05, 4.69) is 10.3 Å². The van der Waals surface area contributed by atoms with Crippen LogP contribution in [0, 0.1) is 0 Å². The first kappa shape index (κ1) is 21.3. The lowest BCUT2D eigenvalue weighted by atomic mass is 10.0. The van der Waals surface area contributed by atoms with Gasteiger partial charge in [-0.2, -0.15) is 0 Å². The van der Waals surface area contributed by atoms with Gasteiger partial charge in [-0.3, -0.25) is 14.3 Å². The summed E-state index contributed by atoms with van der Waals surface area (Å²) < 4.78 is 27.0. The largest absolute Gasteiger partial charge is 0.444 e. The van der Waals surface area contributed by atoms with Gasteiger partial charge in [0.1, 0.15) is 11.8 Å². The Bertz CT molecular complexity index is 621. The molecule has 1 amide bonds. The molecule has 1 atom stereocenters. The van der Waals surface area contributed by atoms with Crippen LogP contribution in [-0.2, 0) is 29.6 Å². The average Bonchev–Trinajstić information content (AvgIpc) is 2.53. The molecule has 0 bridgehead atoms. The molecule has 1 unspecified atom stereocenters. The van der Waals surface area contributed by atoms with Crippen LogP contribution in [0.1, 0.15) is 26.3 Å². The zero-order valence-corrected chi connectivity index (χ0v) is 16.0. The van der Waals surface area contributed by atoms with Crippen LogP contribution in [0.25, 0.3) is 0 Å². The van der Waals surface area contributed by atoms with E-state index in [0.717, 1.165) is 5.56 Å². The first-order valence-corrected chi connectivity index (χ1v) is 9.43. The first-order chi connectivity index (χ1) is 11.6. The van der Waals surface area contributed by atoms with E-state index in [-0.39, 0.29) is 6.42 Å². The predicted octanol–water partition coefficient (Wildman–Crippen LogP) is 2.57. The number of Topliss-reactive ketones (excluding diaryl/α,β-unsaturated/α-hetero) is 1. The third kappa shape index (κ3) is 7.77. The minimum Gasteiger partial charge on any atom is -0.444 e. The maximum absolute atomic E-state index is 12.6. The molecule has 0 radical (unpaired) electrons. The van der Waals surface area contributed by atoms with Gasteiger partial charge in [0.05, 0.1) is 6.04 Å². The fraction of sp³-hybridized carbons (Fsp3) is 0.562. The Hall–Kier alpha value is -1.76. The highest BCUT2D eigenvalue weighted by atomic mass is 31.2. The molecule has 0 aliphatic carbocycles. The number of nitrogens with one attached hydrogen (secondary N) is 1.